The molecule has 3 rings (SSSR count). The number of hydrogen-bond donors (Lipinski definition) is 1. The fraction of sp³-hybridized carbons (Fsp3) is 0.571. The lowest BCUT2D eigenvalue weighted by atomic mass is 10.3. The Morgan fingerprint density at radius 1 is 1.30 bits per heavy atom. The van der Waals surface area contributed by atoms with E-state index in [9.17, 15) is 0 Å². The number of hydrogen-bond acceptors (Lipinski definition) is 6. The van der Waals surface area contributed by atoms with Crippen LogP contribution in [0.5, 0.6) is 0 Å². The molecule has 1 saturated heterocycles. The number of anilines is 1. The Hall–Kier alpha value is -0.850. The molecule has 0 radical (unpaired) electrons. The molecule has 3 heterocycles. The second-order valence-corrected chi connectivity index (χ2v) is 8.11. The predicted octanol–water partition coefficient (Wildman–Crippen LogP) is 3.06. The van der Waals surface area contributed by atoms with Gasteiger partial charge in [0.15, 0.2) is 0 Å². The van der Waals surface area contributed by atoms with Gasteiger partial charge in [0, 0.05) is 30.6 Å². The molecule has 1 fully saturated rings. The normalized spacial score (nSPS) is 24.1. The first-order valence-electron chi connectivity index (χ1n) is 6.95. The fourth-order valence-corrected chi connectivity index (χ4v) is 4.94. The number of nitrogens with one attached hydrogen (secondary N) is 1. The van der Waals surface area contributed by atoms with Crippen LogP contribution in [0.2, 0.25) is 0 Å². The van der Waals surface area contributed by atoms with E-state index in [1.54, 1.807) is 11.3 Å². The molecule has 2 aromatic rings. The zero-order valence-corrected chi connectivity index (χ0v) is 13.7. The molecule has 4 nitrogen and oxygen atoms in total. The highest BCUT2D eigenvalue weighted by Crippen LogP contribution is 2.27. The Bertz CT molecular complexity index is 588. The summed E-state index contributed by atoms with van der Waals surface area (Å²) in [4.78, 5) is 12.9. The molecule has 1 aliphatic rings. The summed E-state index contributed by atoms with van der Waals surface area (Å²) in [5.41, 5.74) is 0. The Morgan fingerprint density at radius 3 is 2.75 bits per heavy atom. The van der Waals surface area contributed by atoms with Gasteiger partial charge >= 0.3 is 0 Å². The molecule has 2 unspecified atom stereocenters. The Kier molecular flexibility index (Phi) is 4.14. The number of rotatable bonds is 3. The van der Waals surface area contributed by atoms with Crippen molar-refractivity contribution in [3.05, 3.63) is 17.3 Å². The highest BCUT2D eigenvalue weighted by atomic mass is 32.2. The highest BCUT2D eigenvalue weighted by molar-refractivity contribution is 8.00. The Balaban J connectivity index is 1.83. The number of aromatic nitrogens is 2. The van der Waals surface area contributed by atoms with Crippen LogP contribution >= 0.6 is 23.1 Å². The van der Waals surface area contributed by atoms with Gasteiger partial charge < -0.3 is 5.32 Å². The molecule has 0 spiro atoms. The molecule has 1 N–H and O–H groups in total. The summed E-state index contributed by atoms with van der Waals surface area (Å²) >= 11 is 3.75. The molecular formula is C14H20N4S2. The first-order valence-corrected chi connectivity index (χ1v) is 8.77. The summed E-state index contributed by atoms with van der Waals surface area (Å²) in [6.45, 7) is 7.69. The quantitative estimate of drug-likeness (QED) is 0.944. The second-order valence-electron chi connectivity index (χ2n) is 5.33. The average molecular weight is 308 g/mol. The largest absolute Gasteiger partial charge is 0.372 e. The van der Waals surface area contributed by atoms with E-state index in [4.69, 9.17) is 4.98 Å². The fourth-order valence-electron chi connectivity index (χ4n) is 2.77. The van der Waals surface area contributed by atoms with Crippen LogP contribution in [0.15, 0.2) is 11.4 Å². The molecule has 0 aliphatic carbocycles. The number of thioether (sulfide) groups is 1. The second kappa shape index (κ2) is 5.87. The number of thiophene rings is 1. The Labute approximate surface area is 128 Å². The molecule has 2 atom stereocenters. The van der Waals surface area contributed by atoms with Gasteiger partial charge in [-0.15, -0.1) is 11.3 Å². The molecule has 0 aromatic carbocycles. The molecule has 0 bridgehead atoms. The third-order valence-electron chi connectivity index (χ3n) is 3.47. The number of fused-ring (bicyclic) bond motifs is 1. The minimum Gasteiger partial charge on any atom is -0.372 e. The molecule has 6 heteroatoms. The van der Waals surface area contributed by atoms with E-state index < -0.39 is 0 Å². The van der Waals surface area contributed by atoms with Gasteiger partial charge in [-0.05, 0) is 11.4 Å². The van der Waals surface area contributed by atoms with Gasteiger partial charge in [0.1, 0.15) is 16.5 Å². The van der Waals surface area contributed by atoms with E-state index in [0.717, 1.165) is 41.5 Å². The lowest BCUT2D eigenvalue weighted by molar-refractivity contribution is 0.257. The zero-order valence-electron chi connectivity index (χ0n) is 12.1. The summed E-state index contributed by atoms with van der Waals surface area (Å²) < 4.78 is 0. The summed E-state index contributed by atoms with van der Waals surface area (Å²) in [5, 5.41) is 7.76. The van der Waals surface area contributed by atoms with Crippen molar-refractivity contribution in [2.24, 2.45) is 0 Å². The van der Waals surface area contributed by atoms with Crippen LogP contribution in [-0.2, 0) is 6.54 Å². The van der Waals surface area contributed by atoms with Crippen molar-refractivity contribution in [3.8, 4) is 0 Å². The maximum atomic E-state index is 4.71. The van der Waals surface area contributed by atoms with Gasteiger partial charge in [0.2, 0.25) is 0 Å². The van der Waals surface area contributed by atoms with Gasteiger partial charge in [-0.2, -0.15) is 11.8 Å². The van der Waals surface area contributed by atoms with Crippen LogP contribution < -0.4 is 5.32 Å². The molecular weight excluding hydrogens is 288 g/mol. The average Bonchev–Trinajstić information content (AvgIpc) is 2.84. The van der Waals surface area contributed by atoms with Gasteiger partial charge in [-0.3, -0.25) is 4.90 Å². The van der Waals surface area contributed by atoms with Gasteiger partial charge in [-0.1, -0.05) is 13.8 Å². The molecule has 0 amide bonds. The van der Waals surface area contributed by atoms with Gasteiger partial charge in [0.05, 0.1) is 11.9 Å². The lowest BCUT2D eigenvalue weighted by Gasteiger charge is -2.34. The van der Waals surface area contributed by atoms with Crippen molar-refractivity contribution in [1.29, 1.82) is 0 Å². The van der Waals surface area contributed by atoms with E-state index in [0.29, 0.717) is 10.5 Å². The summed E-state index contributed by atoms with van der Waals surface area (Å²) in [5.74, 6) is 1.87. The first-order chi connectivity index (χ1) is 9.65. The lowest BCUT2D eigenvalue weighted by Crippen LogP contribution is -2.40. The van der Waals surface area contributed by atoms with E-state index in [-0.39, 0.29) is 0 Å². The third-order valence-corrected chi connectivity index (χ3v) is 5.50. The van der Waals surface area contributed by atoms with E-state index in [2.05, 4.69) is 52.3 Å². The molecule has 0 saturated carbocycles. The summed E-state index contributed by atoms with van der Waals surface area (Å²) in [6, 6.07) is 2.08. The first kappa shape index (κ1) is 14.1. The van der Waals surface area contributed by atoms with E-state index >= 15 is 0 Å². The SMILES string of the molecule is CNc1nc(CN2CC(C)SC(C)C2)nc2sccc12. The molecule has 2 aromatic heterocycles. The van der Waals surface area contributed by atoms with Crippen molar-refractivity contribution in [1.82, 2.24) is 14.9 Å². The minimum atomic E-state index is 0.688. The molecule has 20 heavy (non-hydrogen) atoms. The summed E-state index contributed by atoms with van der Waals surface area (Å²) in [6.07, 6.45) is 0. The van der Waals surface area contributed by atoms with E-state index in [1.807, 2.05) is 7.05 Å². The van der Waals surface area contributed by atoms with Crippen LogP contribution in [0.4, 0.5) is 5.82 Å². The third kappa shape index (κ3) is 2.92. The molecule has 108 valence electrons. The smallest absolute Gasteiger partial charge is 0.146 e. The monoisotopic (exact) mass is 308 g/mol. The Morgan fingerprint density at radius 2 is 2.05 bits per heavy atom. The van der Waals surface area contributed by atoms with Gasteiger partial charge in [0.25, 0.3) is 0 Å². The zero-order chi connectivity index (χ0) is 14.1. The van der Waals surface area contributed by atoms with Crippen LogP contribution in [0.1, 0.15) is 19.7 Å². The minimum absolute atomic E-state index is 0.688. The predicted molar refractivity (Wildman–Crippen MR) is 88.8 cm³/mol. The standard InChI is InChI=1S/C14H20N4S2/c1-9-6-18(7-10(2)20-9)8-12-16-13(15-3)11-4-5-19-14(11)17-12/h4-5,9-10H,6-8H2,1-3H3,(H,15,16,17). The van der Waals surface area contributed by atoms with Crippen molar-refractivity contribution in [2.75, 3.05) is 25.5 Å². The van der Waals surface area contributed by atoms with Crippen LogP contribution in [0, 0.1) is 0 Å². The van der Waals surface area contributed by atoms with Crippen molar-refractivity contribution in [2.45, 2.75) is 30.9 Å². The maximum Gasteiger partial charge on any atom is 0.146 e. The highest BCUT2D eigenvalue weighted by Gasteiger charge is 2.23. The van der Waals surface area contributed by atoms with Crippen LogP contribution in [0.3, 0.4) is 0 Å². The van der Waals surface area contributed by atoms with Crippen LogP contribution in [0.25, 0.3) is 10.2 Å². The maximum absolute atomic E-state index is 4.71. The van der Waals surface area contributed by atoms with Crippen molar-refractivity contribution >= 4 is 39.1 Å². The van der Waals surface area contributed by atoms with Crippen LogP contribution in [-0.4, -0.2) is 45.5 Å². The van der Waals surface area contributed by atoms with Crippen molar-refractivity contribution in [3.63, 3.8) is 0 Å². The van der Waals surface area contributed by atoms with Gasteiger partial charge in [-0.25, -0.2) is 9.97 Å². The molecule has 1 aliphatic heterocycles. The van der Waals surface area contributed by atoms with E-state index in [1.165, 1.54) is 0 Å². The summed E-state index contributed by atoms with van der Waals surface area (Å²) in [7, 11) is 1.92. The topological polar surface area (TPSA) is 41.1 Å². The van der Waals surface area contributed by atoms with Crippen molar-refractivity contribution < 1.29 is 0 Å². The number of nitrogens with zero attached hydrogens (tertiary/aromatic N) is 3.